The SMILES string of the molecule is CC(=O)OCCCCOc1ccc(-c2noc(C3CCCN3C(=O)O)n2)cc1C(F)(F)F. The van der Waals surface area contributed by atoms with Crippen molar-refractivity contribution in [3.05, 3.63) is 29.7 Å². The van der Waals surface area contributed by atoms with Crippen LogP contribution in [0, 0.1) is 0 Å². The second-order valence-electron chi connectivity index (χ2n) is 7.19. The molecule has 1 aromatic carbocycles. The summed E-state index contributed by atoms with van der Waals surface area (Å²) in [5.74, 6) is -0.795. The molecule has 3 rings (SSSR count). The van der Waals surface area contributed by atoms with Gasteiger partial charge in [-0.3, -0.25) is 9.69 Å². The quantitative estimate of drug-likeness (QED) is 0.461. The Morgan fingerprint density at radius 2 is 2.03 bits per heavy atom. The normalized spacial score (nSPS) is 16.2. The fourth-order valence-electron chi connectivity index (χ4n) is 3.36. The molecule has 0 radical (unpaired) electrons. The number of carbonyl (C=O) groups excluding carboxylic acids is 1. The highest BCUT2D eigenvalue weighted by molar-refractivity contribution is 5.66. The van der Waals surface area contributed by atoms with E-state index in [1.54, 1.807) is 0 Å². The molecule has 9 nitrogen and oxygen atoms in total. The van der Waals surface area contributed by atoms with Crippen molar-refractivity contribution < 1.29 is 41.9 Å². The predicted octanol–water partition coefficient (Wildman–Crippen LogP) is 4.29. The number of rotatable bonds is 8. The number of amides is 1. The molecule has 1 amide bonds. The van der Waals surface area contributed by atoms with E-state index in [2.05, 4.69) is 10.1 Å². The van der Waals surface area contributed by atoms with Crippen molar-refractivity contribution >= 4 is 12.1 Å². The van der Waals surface area contributed by atoms with E-state index in [0.717, 1.165) is 11.0 Å². The second-order valence-corrected chi connectivity index (χ2v) is 7.19. The van der Waals surface area contributed by atoms with Gasteiger partial charge in [-0.15, -0.1) is 0 Å². The lowest BCUT2D eigenvalue weighted by atomic mass is 10.1. The summed E-state index contributed by atoms with van der Waals surface area (Å²) in [7, 11) is 0. The van der Waals surface area contributed by atoms with Crippen LogP contribution in [-0.2, 0) is 15.7 Å². The number of carboxylic acid groups (broad SMARTS) is 1. The Morgan fingerprint density at radius 1 is 1.28 bits per heavy atom. The highest BCUT2D eigenvalue weighted by Gasteiger charge is 2.36. The predicted molar refractivity (Wildman–Crippen MR) is 103 cm³/mol. The van der Waals surface area contributed by atoms with Crippen molar-refractivity contribution in [1.29, 1.82) is 0 Å². The molecule has 1 aliphatic rings. The van der Waals surface area contributed by atoms with E-state index in [1.165, 1.54) is 19.1 Å². The Hall–Kier alpha value is -3.31. The number of benzene rings is 1. The van der Waals surface area contributed by atoms with Gasteiger partial charge in [-0.05, 0) is 43.9 Å². The lowest BCUT2D eigenvalue weighted by Crippen LogP contribution is -2.28. The van der Waals surface area contributed by atoms with E-state index in [1.807, 2.05) is 0 Å². The summed E-state index contributed by atoms with van der Waals surface area (Å²) >= 11 is 0. The molecule has 174 valence electrons. The van der Waals surface area contributed by atoms with Gasteiger partial charge in [0.2, 0.25) is 11.7 Å². The Labute approximate surface area is 181 Å². The van der Waals surface area contributed by atoms with Crippen LogP contribution in [0.2, 0.25) is 0 Å². The zero-order valence-corrected chi connectivity index (χ0v) is 17.2. The maximum atomic E-state index is 13.6. The maximum absolute atomic E-state index is 13.6. The third-order valence-corrected chi connectivity index (χ3v) is 4.87. The lowest BCUT2D eigenvalue weighted by molar-refractivity contribution is -0.141. The Balaban J connectivity index is 1.72. The molecule has 1 aromatic heterocycles. The van der Waals surface area contributed by atoms with Crippen molar-refractivity contribution in [2.45, 2.75) is 44.8 Å². The zero-order chi connectivity index (χ0) is 23.3. The minimum Gasteiger partial charge on any atom is -0.493 e. The average molecular weight is 457 g/mol. The van der Waals surface area contributed by atoms with Crippen molar-refractivity contribution in [2.75, 3.05) is 19.8 Å². The summed E-state index contributed by atoms with van der Waals surface area (Å²) in [4.78, 5) is 27.3. The number of halogens is 3. The van der Waals surface area contributed by atoms with Crippen molar-refractivity contribution in [3.8, 4) is 17.1 Å². The van der Waals surface area contributed by atoms with Crippen LogP contribution >= 0.6 is 0 Å². The molecule has 0 aliphatic carbocycles. The Kier molecular flexibility index (Phi) is 7.21. The van der Waals surface area contributed by atoms with Crippen molar-refractivity contribution in [1.82, 2.24) is 15.0 Å². The Bertz CT molecular complexity index is 962. The minimum atomic E-state index is -4.68. The standard InChI is InChI=1S/C20H22F3N3O6/c1-12(27)30-9-2-3-10-31-16-7-6-13(11-14(16)20(21,22)23)17-24-18(32-25-17)15-5-4-8-26(15)19(28)29/h6-7,11,15H,2-5,8-10H2,1H3,(H,28,29). The van der Waals surface area contributed by atoms with Gasteiger partial charge >= 0.3 is 18.2 Å². The van der Waals surface area contributed by atoms with E-state index in [-0.39, 0.29) is 36.2 Å². The van der Waals surface area contributed by atoms with E-state index in [9.17, 15) is 27.9 Å². The molecule has 2 heterocycles. The van der Waals surface area contributed by atoms with E-state index >= 15 is 0 Å². The number of likely N-dealkylation sites (tertiary alicyclic amines) is 1. The molecular formula is C20H22F3N3O6. The van der Waals surface area contributed by atoms with Gasteiger partial charge in [-0.2, -0.15) is 18.2 Å². The van der Waals surface area contributed by atoms with Gasteiger partial charge in [-0.1, -0.05) is 5.16 Å². The number of hydrogen-bond donors (Lipinski definition) is 1. The number of carbonyl (C=O) groups is 2. The van der Waals surface area contributed by atoms with Crippen molar-refractivity contribution in [3.63, 3.8) is 0 Å². The van der Waals surface area contributed by atoms with E-state index < -0.39 is 29.8 Å². The monoisotopic (exact) mass is 457 g/mol. The largest absolute Gasteiger partial charge is 0.493 e. The fraction of sp³-hybridized carbons (Fsp3) is 0.500. The molecular weight excluding hydrogens is 435 g/mol. The molecule has 1 saturated heterocycles. The van der Waals surface area contributed by atoms with Crippen LogP contribution in [0.25, 0.3) is 11.4 Å². The summed E-state index contributed by atoms with van der Waals surface area (Å²) in [5.41, 5.74) is -0.927. The van der Waals surface area contributed by atoms with Gasteiger partial charge in [-0.25, -0.2) is 4.79 Å². The van der Waals surface area contributed by atoms with Crippen LogP contribution in [0.15, 0.2) is 22.7 Å². The fourth-order valence-corrected chi connectivity index (χ4v) is 3.36. The van der Waals surface area contributed by atoms with Gasteiger partial charge in [0, 0.05) is 19.0 Å². The maximum Gasteiger partial charge on any atom is 0.419 e. The molecule has 1 aliphatic heterocycles. The van der Waals surface area contributed by atoms with Crippen LogP contribution in [-0.4, -0.2) is 52.0 Å². The topological polar surface area (TPSA) is 115 Å². The molecule has 1 unspecified atom stereocenters. The van der Waals surface area contributed by atoms with Gasteiger partial charge in [0.15, 0.2) is 0 Å². The molecule has 0 spiro atoms. The van der Waals surface area contributed by atoms with Crippen LogP contribution in [0.5, 0.6) is 5.75 Å². The minimum absolute atomic E-state index is 0.0166. The number of hydrogen-bond acceptors (Lipinski definition) is 7. The molecule has 1 N–H and O–H groups in total. The average Bonchev–Trinajstić information content (AvgIpc) is 3.39. The van der Waals surface area contributed by atoms with E-state index in [0.29, 0.717) is 32.2 Å². The second kappa shape index (κ2) is 9.88. The first-order valence-electron chi connectivity index (χ1n) is 9.97. The first-order valence-corrected chi connectivity index (χ1v) is 9.97. The van der Waals surface area contributed by atoms with Crippen LogP contribution in [0.1, 0.15) is 50.1 Å². The molecule has 12 heteroatoms. The van der Waals surface area contributed by atoms with Gasteiger partial charge < -0.3 is 19.1 Å². The van der Waals surface area contributed by atoms with Crippen LogP contribution < -0.4 is 4.74 Å². The first kappa shape index (κ1) is 23.4. The van der Waals surface area contributed by atoms with Crippen LogP contribution in [0.3, 0.4) is 0 Å². The zero-order valence-electron chi connectivity index (χ0n) is 17.2. The van der Waals surface area contributed by atoms with Gasteiger partial charge in [0.25, 0.3) is 0 Å². The molecule has 0 saturated carbocycles. The summed E-state index contributed by atoms with van der Waals surface area (Å²) in [6, 6.07) is 2.80. The van der Waals surface area contributed by atoms with Crippen LogP contribution in [0.4, 0.5) is 18.0 Å². The number of esters is 1. The summed E-state index contributed by atoms with van der Waals surface area (Å²) in [5, 5.41) is 13.0. The number of aromatic nitrogens is 2. The molecule has 1 fully saturated rings. The molecule has 2 aromatic rings. The number of ether oxygens (including phenoxy) is 2. The highest BCUT2D eigenvalue weighted by Crippen LogP contribution is 2.39. The summed E-state index contributed by atoms with van der Waals surface area (Å²) < 4.78 is 55.9. The number of nitrogens with zero attached hydrogens (tertiary/aromatic N) is 3. The summed E-state index contributed by atoms with van der Waals surface area (Å²) in [6.45, 7) is 1.78. The number of alkyl halides is 3. The first-order chi connectivity index (χ1) is 15.2. The molecule has 0 bridgehead atoms. The third kappa shape index (κ3) is 5.68. The third-order valence-electron chi connectivity index (χ3n) is 4.87. The van der Waals surface area contributed by atoms with Gasteiger partial charge in [0.05, 0.1) is 18.8 Å². The van der Waals surface area contributed by atoms with Crippen molar-refractivity contribution in [2.24, 2.45) is 0 Å². The molecule has 1 atom stereocenters. The smallest absolute Gasteiger partial charge is 0.419 e. The highest BCUT2D eigenvalue weighted by atomic mass is 19.4. The summed E-state index contributed by atoms with van der Waals surface area (Å²) in [6.07, 6.45) is -3.82. The number of unbranched alkanes of at least 4 members (excludes halogenated alkanes) is 1. The van der Waals surface area contributed by atoms with Gasteiger partial charge in [0.1, 0.15) is 11.8 Å². The Morgan fingerprint density at radius 3 is 2.72 bits per heavy atom. The lowest BCUT2D eigenvalue weighted by Gasteiger charge is -2.17. The molecule has 32 heavy (non-hydrogen) atoms. The van der Waals surface area contributed by atoms with E-state index in [4.69, 9.17) is 14.0 Å².